The lowest BCUT2D eigenvalue weighted by molar-refractivity contribution is 0.483. The van der Waals surface area contributed by atoms with Gasteiger partial charge in [-0.25, -0.2) is 4.98 Å². The van der Waals surface area contributed by atoms with E-state index in [9.17, 15) is 0 Å². The van der Waals surface area contributed by atoms with Crippen LogP contribution in [0.25, 0.3) is 33.3 Å². The van der Waals surface area contributed by atoms with Crippen molar-refractivity contribution in [3.63, 3.8) is 0 Å². The van der Waals surface area contributed by atoms with Crippen LogP contribution in [0.3, 0.4) is 0 Å². The van der Waals surface area contributed by atoms with Crippen molar-refractivity contribution in [2.45, 2.75) is 97.8 Å². The average Bonchev–Trinajstić information content (AvgIpc) is 3.86. The van der Waals surface area contributed by atoms with Crippen molar-refractivity contribution >= 4 is 38.9 Å². The molecule has 5 nitrogen and oxygen atoms in total. The Kier molecular flexibility index (Phi) is 10.6. The maximum absolute atomic E-state index is 6.82. The van der Waals surface area contributed by atoms with Gasteiger partial charge in [-0.05, 0) is 110 Å². The van der Waals surface area contributed by atoms with E-state index in [0.717, 1.165) is 45.1 Å². The molecule has 0 saturated heterocycles. The number of fused-ring (bicyclic) bond motifs is 3. The van der Waals surface area contributed by atoms with Gasteiger partial charge in [0.05, 0.1) is 23.4 Å². The zero-order chi connectivity index (χ0) is 45.2. The van der Waals surface area contributed by atoms with Gasteiger partial charge in [-0.2, -0.15) is 0 Å². The second-order valence-corrected chi connectivity index (χ2v) is 21.2. The largest absolute Gasteiger partial charge is 0.457 e. The molecular weight excluding hydrogens is 781 g/mol. The topological polar surface area (TPSA) is 33.5 Å². The highest BCUT2D eigenvalue weighted by Gasteiger charge is 2.29. The standard InChI is InChI=1S/C59H62N4O/c1-56(2,3)42-29-30-60-55(35-42)63-52-28-25-43(59(10,11)41-21-16-13-17-22-41)34-51(52)50-27-26-49(37-53(50)63)64-48-24-18-23-46(36-48)61-38-54(40-19-14-12-15-20-40)62(39-61)47-32-44(57(4,5)6)31-45(33-47)58(7,8)9/h12-38H,39H2,1-11H3. The third kappa shape index (κ3) is 8.20. The molecule has 0 amide bonds. The van der Waals surface area contributed by atoms with Crippen LogP contribution in [0.4, 0.5) is 11.4 Å². The van der Waals surface area contributed by atoms with Gasteiger partial charge in [0.2, 0.25) is 0 Å². The lowest BCUT2D eigenvalue weighted by atomic mass is 9.78. The van der Waals surface area contributed by atoms with Crippen LogP contribution >= 0.6 is 0 Å². The maximum Gasteiger partial charge on any atom is 0.137 e. The monoisotopic (exact) mass is 842 g/mol. The van der Waals surface area contributed by atoms with Crippen LogP contribution in [0.15, 0.2) is 164 Å². The van der Waals surface area contributed by atoms with Gasteiger partial charge >= 0.3 is 0 Å². The number of ether oxygens (including phenoxy) is 1. The maximum atomic E-state index is 6.82. The molecular formula is C59H62N4O. The zero-order valence-corrected chi connectivity index (χ0v) is 39.5. The number of pyridine rings is 1. The summed E-state index contributed by atoms with van der Waals surface area (Å²) in [4.78, 5) is 9.77. The lowest BCUT2D eigenvalue weighted by Crippen LogP contribution is -2.27. The number of hydrogen-bond acceptors (Lipinski definition) is 4. The quantitative estimate of drug-likeness (QED) is 0.153. The van der Waals surface area contributed by atoms with E-state index in [-0.39, 0.29) is 21.7 Å². The van der Waals surface area contributed by atoms with Crippen molar-refractivity contribution in [3.8, 4) is 17.3 Å². The van der Waals surface area contributed by atoms with E-state index in [4.69, 9.17) is 9.72 Å². The Morgan fingerprint density at radius 2 is 1.12 bits per heavy atom. The molecule has 9 rings (SSSR count). The minimum absolute atomic E-state index is 0.00426. The third-order valence-corrected chi connectivity index (χ3v) is 13.1. The van der Waals surface area contributed by atoms with Crippen molar-refractivity contribution in [3.05, 3.63) is 197 Å². The first-order valence-corrected chi connectivity index (χ1v) is 22.7. The Hall–Kier alpha value is -6.59. The van der Waals surface area contributed by atoms with Crippen LogP contribution < -0.4 is 14.5 Å². The van der Waals surface area contributed by atoms with Crippen LogP contribution in [-0.2, 0) is 21.7 Å². The van der Waals surface area contributed by atoms with Crippen molar-refractivity contribution in [1.29, 1.82) is 0 Å². The van der Waals surface area contributed by atoms with Gasteiger partial charge in [0, 0.05) is 52.1 Å². The lowest BCUT2D eigenvalue weighted by Gasteiger charge is -2.30. The predicted octanol–water partition coefficient (Wildman–Crippen LogP) is 15.5. The fourth-order valence-corrected chi connectivity index (χ4v) is 8.93. The molecule has 1 aliphatic rings. The minimum atomic E-state index is -0.183. The van der Waals surface area contributed by atoms with Crippen molar-refractivity contribution < 1.29 is 4.74 Å². The highest BCUT2D eigenvalue weighted by atomic mass is 16.5. The fraction of sp³-hybridized carbons (Fsp3) is 0.271. The van der Waals surface area contributed by atoms with Crippen LogP contribution in [0.2, 0.25) is 0 Å². The molecule has 0 radical (unpaired) electrons. The first-order valence-electron chi connectivity index (χ1n) is 22.7. The fourth-order valence-electron chi connectivity index (χ4n) is 8.93. The summed E-state index contributed by atoms with van der Waals surface area (Å²) < 4.78 is 9.12. The number of hydrogen-bond donors (Lipinski definition) is 0. The second-order valence-electron chi connectivity index (χ2n) is 21.2. The normalized spacial score (nSPS) is 13.8. The summed E-state index contributed by atoms with van der Waals surface area (Å²) in [5.74, 6) is 2.43. The van der Waals surface area contributed by atoms with Gasteiger partial charge in [0.1, 0.15) is 17.3 Å². The van der Waals surface area contributed by atoms with E-state index in [0.29, 0.717) is 6.67 Å². The molecule has 0 bridgehead atoms. The van der Waals surface area contributed by atoms with Crippen LogP contribution in [0, 0.1) is 0 Å². The zero-order valence-electron chi connectivity index (χ0n) is 39.5. The summed E-state index contributed by atoms with van der Waals surface area (Å²) in [5, 5.41) is 2.35. The first kappa shape index (κ1) is 42.7. The van der Waals surface area contributed by atoms with E-state index >= 15 is 0 Å². The van der Waals surface area contributed by atoms with Crippen LogP contribution in [0.1, 0.15) is 110 Å². The molecule has 0 aliphatic carbocycles. The second kappa shape index (κ2) is 15.9. The highest BCUT2D eigenvalue weighted by molar-refractivity contribution is 6.10. The third-order valence-electron chi connectivity index (χ3n) is 13.1. The van der Waals surface area contributed by atoms with Gasteiger partial charge in [-0.15, -0.1) is 0 Å². The highest BCUT2D eigenvalue weighted by Crippen LogP contribution is 2.42. The molecule has 5 heteroatoms. The Labute approximate surface area is 380 Å². The van der Waals surface area contributed by atoms with E-state index in [1.54, 1.807) is 0 Å². The number of aromatic nitrogens is 2. The van der Waals surface area contributed by atoms with Crippen LogP contribution in [0.5, 0.6) is 11.5 Å². The summed E-state index contributed by atoms with van der Waals surface area (Å²) in [6.45, 7) is 25.8. The van der Waals surface area contributed by atoms with E-state index in [1.165, 1.54) is 44.5 Å². The number of anilines is 2. The molecule has 0 N–H and O–H groups in total. The van der Waals surface area contributed by atoms with Crippen molar-refractivity contribution in [2.24, 2.45) is 0 Å². The van der Waals surface area contributed by atoms with Crippen molar-refractivity contribution in [1.82, 2.24) is 9.55 Å². The smallest absolute Gasteiger partial charge is 0.137 e. The molecule has 8 aromatic rings. The van der Waals surface area contributed by atoms with E-state index < -0.39 is 0 Å². The predicted molar refractivity (Wildman–Crippen MR) is 270 cm³/mol. The summed E-state index contributed by atoms with van der Waals surface area (Å²) in [6, 6.07) is 54.9. The van der Waals surface area contributed by atoms with Gasteiger partial charge in [-0.1, -0.05) is 155 Å². The molecule has 6 aromatic carbocycles. The Balaban J connectivity index is 1.10. The van der Waals surface area contributed by atoms with Crippen LogP contribution in [-0.4, -0.2) is 16.2 Å². The molecule has 0 atom stereocenters. The Morgan fingerprint density at radius 1 is 0.469 bits per heavy atom. The molecule has 0 fully saturated rings. The van der Waals surface area contributed by atoms with Crippen molar-refractivity contribution in [2.75, 3.05) is 16.5 Å². The minimum Gasteiger partial charge on any atom is -0.457 e. The Bertz CT molecular complexity index is 2990. The molecule has 0 unspecified atom stereocenters. The van der Waals surface area contributed by atoms with Gasteiger partial charge < -0.3 is 14.5 Å². The molecule has 2 aromatic heterocycles. The van der Waals surface area contributed by atoms with Gasteiger partial charge in [0.15, 0.2) is 0 Å². The SMILES string of the molecule is CC(C)(C)c1cc(N2CN(c3cccc(Oc4ccc5c6cc(C(C)(C)c7ccccc7)ccc6n(-c6cc(C(C)(C)C)ccn6)c5c4)c3)C=C2c2ccccc2)cc(C(C)(C)C)c1. The summed E-state index contributed by atoms with van der Waals surface area (Å²) >= 11 is 0. The molecule has 0 saturated carbocycles. The summed E-state index contributed by atoms with van der Waals surface area (Å²) in [7, 11) is 0. The Morgan fingerprint density at radius 3 is 1.80 bits per heavy atom. The average molecular weight is 843 g/mol. The summed E-state index contributed by atoms with van der Waals surface area (Å²) in [5.41, 5.74) is 13.0. The molecule has 64 heavy (non-hydrogen) atoms. The molecule has 0 spiro atoms. The first-order chi connectivity index (χ1) is 30.3. The molecule has 3 heterocycles. The summed E-state index contributed by atoms with van der Waals surface area (Å²) in [6.07, 6.45) is 4.22. The number of benzene rings is 6. The van der Waals surface area contributed by atoms with E-state index in [1.807, 2.05) is 12.3 Å². The van der Waals surface area contributed by atoms with Gasteiger partial charge in [-0.3, -0.25) is 4.57 Å². The molecule has 324 valence electrons. The van der Waals surface area contributed by atoms with E-state index in [2.05, 4.69) is 242 Å². The van der Waals surface area contributed by atoms with Gasteiger partial charge in [0.25, 0.3) is 0 Å². The number of nitrogens with zero attached hydrogens (tertiary/aromatic N) is 4. The number of rotatable bonds is 8. The molecule has 1 aliphatic heterocycles.